The Morgan fingerprint density at radius 3 is 2.37 bits per heavy atom. The standard InChI is InChI=1S/C22H21BrO4/c1-3-22(16-8-6-5-7-9-16)18(20(24)26-4-2)14-19(27-21(22)25)15-10-12-17(23)13-11-15/h5-14,18H,3-4H2,1-2H3/t18-,22-/m0/s1. The molecule has 5 heteroatoms. The molecule has 3 rings (SSSR count). The lowest BCUT2D eigenvalue weighted by atomic mass is 9.67. The number of hydrogen-bond donors (Lipinski definition) is 0. The summed E-state index contributed by atoms with van der Waals surface area (Å²) in [5.74, 6) is -1.24. The molecular formula is C22H21BrO4. The number of carbonyl (C=O) groups excluding carboxylic acids is 2. The Kier molecular flexibility index (Phi) is 5.80. The van der Waals surface area contributed by atoms with Crippen LogP contribution < -0.4 is 0 Å². The highest BCUT2D eigenvalue weighted by Gasteiger charge is 2.53. The van der Waals surface area contributed by atoms with Crippen molar-refractivity contribution in [3.8, 4) is 0 Å². The van der Waals surface area contributed by atoms with Crippen molar-refractivity contribution in [2.75, 3.05) is 6.61 Å². The van der Waals surface area contributed by atoms with Gasteiger partial charge in [-0.2, -0.15) is 0 Å². The molecule has 0 unspecified atom stereocenters. The summed E-state index contributed by atoms with van der Waals surface area (Å²) in [7, 11) is 0. The van der Waals surface area contributed by atoms with E-state index < -0.39 is 23.3 Å². The highest BCUT2D eigenvalue weighted by atomic mass is 79.9. The summed E-state index contributed by atoms with van der Waals surface area (Å²) in [4.78, 5) is 26.1. The maximum absolute atomic E-state index is 13.2. The lowest BCUT2D eigenvalue weighted by Crippen LogP contribution is -2.49. The van der Waals surface area contributed by atoms with Crippen LogP contribution in [0, 0.1) is 5.92 Å². The van der Waals surface area contributed by atoms with E-state index in [9.17, 15) is 9.59 Å². The number of carbonyl (C=O) groups is 2. The summed E-state index contributed by atoms with van der Waals surface area (Å²) >= 11 is 3.40. The first-order chi connectivity index (χ1) is 13.0. The first-order valence-electron chi connectivity index (χ1n) is 8.95. The van der Waals surface area contributed by atoms with Crippen LogP contribution in [0.5, 0.6) is 0 Å². The van der Waals surface area contributed by atoms with E-state index in [1.165, 1.54) is 0 Å². The Morgan fingerprint density at radius 2 is 1.78 bits per heavy atom. The fraction of sp³-hybridized carbons (Fsp3) is 0.273. The van der Waals surface area contributed by atoms with Crippen molar-refractivity contribution in [3.63, 3.8) is 0 Å². The molecular weight excluding hydrogens is 408 g/mol. The van der Waals surface area contributed by atoms with Crippen molar-refractivity contribution in [3.05, 3.63) is 76.3 Å². The van der Waals surface area contributed by atoms with Gasteiger partial charge in [0, 0.05) is 10.0 Å². The molecule has 0 bridgehead atoms. The van der Waals surface area contributed by atoms with Crippen LogP contribution in [-0.2, 0) is 24.5 Å². The Hall–Kier alpha value is -2.40. The molecule has 2 aromatic carbocycles. The van der Waals surface area contributed by atoms with Crippen LogP contribution >= 0.6 is 15.9 Å². The number of halogens is 1. The van der Waals surface area contributed by atoms with Gasteiger partial charge in [0.2, 0.25) is 0 Å². The van der Waals surface area contributed by atoms with Gasteiger partial charge in [-0.3, -0.25) is 9.59 Å². The van der Waals surface area contributed by atoms with Crippen LogP contribution in [0.25, 0.3) is 5.76 Å². The third-order valence-corrected chi connectivity index (χ3v) is 5.46. The van der Waals surface area contributed by atoms with E-state index in [0.29, 0.717) is 12.2 Å². The Labute approximate surface area is 167 Å². The van der Waals surface area contributed by atoms with Gasteiger partial charge in [0.05, 0.1) is 12.5 Å². The number of hydrogen-bond acceptors (Lipinski definition) is 4. The molecule has 1 aliphatic heterocycles. The van der Waals surface area contributed by atoms with E-state index >= 15 is 0 Å². The summed E-state index contributed by atoms with van der Waals surface area (Å²) in [6.45, 7) is 3.90. The fourth-order valence-electron chi connectivity index (χ4n) is 3.52. The lowest BCUT2D eigenvalue weighted by molar-refractivity contribution is -0.159. The number of esters is 2. The van der Waals surface area contributed by atoms with Gasteiger partial charge < -0.3 is 9.47 Å². The average molecular weight is 429 g/mol. The third-order valence-electron chi connectivity index (χ3n) is 4.93. The molecule has 4 nitrogen and oxygen atoms in total. The largest absolute Gasteiger partial charge is 0.465 e. The maximum Gasteiger partial charge on any atom is 0.323 e. The minimum atomic E-state index is -1.10. The van der Waals surface area contributed by atoms with E-state index in [-0.39, 0.29) is 6.61 Å². The topological polar surface area (TPSA) is 52.6 Å². The molecule has 0 fully saturated rings. The van der Waals surface area contributed by atoms with E-state index in [4.69, 9.17) is 9.47 Å². The van der Waals surface area contributed by atoms with Gasteiger partial charge in [0.25, 0.3) is 0 Å². The Balaban J connectivity index is 2.15. The second-order valence-electron chi connectivity index (χ2n) is 6.35. The van der Waals surface area contributed by atoms with Gasteiger partial charge in [-0.25, -0.2) is 0 Å². The first kappa shape index (κ1) is 19.4. The molecule has 2 atom stereocenters. The van der Waals surface area contributed by atoms with Crippen molar-refractivity contribution in [1.29, 1.82) is 0 Å². The fourth-order valence-corrected chi connectivity index (χ4v) is 3.78. The summed E-state index contributed by atoms with van der Waals surface area (Å²) < 4.78 is 12.0. The molecule has 0 amide bonds. The zero-order valence-corrected chi connectivity index (χ0v) is 16.9. The minimum absolute atomic E-state index is 0.250. The smallest absolute Gasteiger partial charge is 0.323 e. The van der Waals surface area contributed by atoms with Gasteiger partial charge in [0.1, 0.15) is 11.2 Å². The van der Waals surface area contributed by atoms with Crippen LogP contribution in [0.4, 0.5) is 0 Å². The monoisotopic (exact) mass is 428 g/mol. The Morgan fingerprint density at radius 1 is 1.11 bits per heavy atom. The Bertz CT molecular complexity index is 858. The maximum atomic E-state index is 13.2. The quantitative estimate of drug-likeness (QED) is 0.637. The van der Waals surface area contributed by atoms with Crippen molar-refractivity contribution < 1.29 is 19.1 Å². The van der Waals surface area contributed by atoms with E-state index in [1.807, 2.05) is 61.5 Å². The zero-order valence-electron chi connectivity index (χ0n) is 15.3. The summed E-state index contributed by atoms with van der Waals surface area (Å²) in [5, 5.41) is 0. The van der Waals surface area contributed by atoms with E-state index in [2.05, 4.69) is 15.9 Å². The molecule has 0 radical (unpaired) electrons. The molecule has 140 valence electrons. The molecule has 0 saturated carbocycles. The van der Waals surface area contributed by atoms with Gasteiger partial charge >= 0.3 is 11.9 Å². The van der Waals surface area contributed by atoms with Crippen molar-refractivity contribution in [2.24, 2.45) is 5.92 Å². The van der Waals surface area contributed by atoms with E-state index in [0.717, 1.165) is 15.6 Å². The van der Waals surface area contributed by atoms with Crippen molar-refractivity contribution in [2.45, 2.75) is 25.7 Å². The second-order valence-corrected chi connectivity index (χ2v) is 7.26. The van der Waals surface area contributed by atoms with Crippen molar-refractivity contribution >= 4 is 33.6 Å². The minimum Gasteiger partial charge on any atom is -0.465 e. The van der Waals surface area contributed by atoms with Gasteiger partial charge in [0.15, 0.2) is 0 Å². The number of ether oxygens (including phenoxy) is 2. The SMILES string of the molecule is CCOC(=O)[C@@H]1C=C(c2ccc(Br)cc2)OC(=O)[C@@]1(CC)c1ccccc1. The molecule has 0 aliphatic carbocycles. The summed E-state index contributed by atoms with van der Waals surface area (Å²) in [5.41, 5.74) is 0.382. The van der Waals surface area contributed by atoms with Crippen molar-refractivity contribution in [1.82, 2.24) is 0 Å². The van der Waals surface area contributed by atoms with Crippen LogP contribution in [0.3, 0.4) is 0 Å². The van der Waals surface area contributed by atoms with Crippen LogP contribution in [0.15, 0.2) is 65.1 Å². The van der Waals surface area contributed by atoms with Gasteiger partial charge in [-0.05, 0) is 37.1 Å². The molecule has 27 heavy (non-hydrogen) atoms. The van der Waals surface area contributed by atoms with Crippen LogP contribution in [-0.4, -0.2) is 18.5 Å². The highest BCUT2D eigenvalue weighted by Crippen LogP contribution is 2.44. The zero-order chi connectivity index (χ0) is 19.4. The molecule has 0 aromatic heterocycles. The highest BCUT2D eigenvalue weighted by molar-refractivity contribution is 9.10. The molecule has 1 aliphatic rings. The molecule has 0 N–H and O–H groups in total. The third kappa shape index (κ3) is 3.56. The van der Waals surface area contributed by atoms with Crippen LogP contribution in [0.2, 0.25) is 0 Å². The van der Waals surface area contributed by atoms with Gasteiger partial charge in [-0.15, -0.1) is 0 Å². The summed E-state index contributed by atoms with van der Waals surface area (Å²) in [6, 6.07) is 16.7. The second kappa shape index (κ2) is 8.09. The molecule has 1 heterocycles. The number of benzene rings is 2. The first-order valence-corrected chi connectivity index (χ1v) is 9.74. The van der Waals surface area contributed by atoms with E-state index in [1.54, 1.807) is 13.0 Å². The average Bonchev–Trinajstić information content (AvgIpc) is 2.69. The predicted molar refractivity (Wildman–Crippen MR) is 107 cm³/mol. The summed E-state index contributed by atoms with van der Waals surface area (Å²) in [6.07, 6.45) is 2.14. The molecule has 0 spiro atoms. The predicted octanol–water partition coefficient (Wildman–Crippen LogP) is 4.87. The lowest BCUT2D eigenvalue weighted by Gasteiger charge is -2.39. The number of rotatable bonds is 5. The normalized spacial score (nSPS) is 22.0. The molecule has 0 saturated heterocycles. The van der Waals surface area contributed by atoms with Crippen LogP contribution in [0.1, 0.15) is 31.4 Å². The van der Waals surface area contributed by atoms with Gasteiger partial charge in [-0.1, -0.05) is 65.3 Å². The molecule has 2 aromatic rings. The number of cyclic esters (lactones) is 1.